The zero-order valence-electron chi connectivity index (χ0n) is 47.1. The molecule has 0 unspecified atom stereocenters. The van der Waals surface area contributed by atoms with Gasteiger partial charge < -0.3 is 14.4 Å². The van der Waals surface area contributed by atoms with Crippen molar-refractivity contribution in [1.82, 2.24) is 19.1 Å². The van der Waals surface area contributed by atoms with Gasteiger partial charge in [0.2, 0.25) is 0 Å². The van der Waals surface area contributed by atoms with Gasteiger partial charge in [-0.05, 0) is 129 Å². The Hall–Kier alpha value is -7.77. The largest absolute Gasteiger partial charge is 0.328 e. The highest BCUT2D eigenvalue weighted by molar-refractivity contribution is 6.15. The molecule has 2 aliphatic rings. The average Bonchev–Trinajstić information content (AvgIpc) is 4.12. The van der Waals surface area contributed by atoms with Crippen LogP contribution in [0.25, 0.3) is 60.9 Å². The van der Waals surface area contributed by atoms with E-state index in [1.54, 1.807) is 0 Å². The highest BCUT2D eigenvalue weighted by Crippen LogP contribution is 2.53. The average molecular weight is 1010 g/mol. The summed E-state index contributed by atoms with van der Waals surface area (Å²) in [6.45, 7) is 28.8. The molecule has 0 bridgehead atoms. The number of aromatic nitrogens is 4. The predicted molar refractivity (Wildman–Crippen MR) is 322 cm³/mol. The fraction of sp³-hybridized carbons (Fsp3) is 0.300. The molecule has 0 radical (unpaired) electrons. The van der Waals surface area contributed by atoms with Crippen LogP contribution < -0.4 is 9.80 Å². The number of aryl methyl sites for hydroxylation is 2. The van der Waals surface area contributed by atoms with Crippen LogP contribution in [0.2, 0.25) is 0 Å². The Morgan fingerprint density at radius 1 is 0.494 bits per heavy atom. The number of nitrogens with zero attached hydrogens (tertiary/aromatic N) is 6. The van der Waals surface area contributed by atoms with Gasteiger partial charge in [-0.3, -0.25) is 9.36 Å². The Morgan fingerprint density at radius 3 is 1.75 bits per heavy atom. The van der Waals surface area contributed by atoms with Gasteiger partial charge in [0.05, 0.1) is 39.1 Å². The smallest absolute Gasteiger partial charge is 0.193 e. The molecule has 388 valence electrons. The molecule has 7 nitrogen and oxygen atoms in total. The van der Waals surface area contributed by atoms with E-state index >= 15 is 4.79 Å². The zero-order chi connectivity index (χ0) is 53.9. The van der Waals surface area contributed by atoms with E-state index in [0.29, 0.717) is 17.8 Å². The molecular weight excluding hydrogens is 941 g/mol. The summed E-state index contributed by atoms with van der Waals surface area (Å²) in [5, 5.41) is 2.21. The normalized spacial score (nSPS) is 14.2. The second kappa shape index (κ2) is 18.2. The number of rotatable bonds is 7. The lowest BCUT2D eigenvalue weighted by molar-refractivity contribution is 0.103. The van der Waals surface area contributed by atoms with Crippen molar-refractivity contribution in [1.29, 1.82) is 0 Å². The Kier molecular flexibility index (Phi) is 11.8. The van der Waals surface area contributed by atoms with Crippen molar-refractivity contribution in [2.75, 3.05) is 16.5 Å². The molecule has 3 aromatic heterocycles. The first-order valence-electron chi connectivity index (χ1n) is 27.7. The molecule has 0 amide bonds. The van der Waals surface area contributed by atoms with E-state index < -0.39 is 0 Å². The zero-order valence-corrected chi connectivity index (χ0v) is 47.1. The van der Waals surface area contributed by atoms with E-state index in [-0.39, 0.29) is 27.4 Å². The number of fused-ring (bicyclic) bond motifs is 7. The molecule has 0 saturated heterocycles. The van der Waals surface area contributed by atoms with Gasteiger partial charge >= 0.3 is 0 Å². The highest BCUT2D eigenvalue weighted by Gasteiger charge is 2.35. The quantitative estimate of drug-likeness (QED) is 0.149. The molecule has 10 aromatic rings. The number of benzene rings is 7. The van der Waals surface area contributed by atoms with Crippen LogP contribution in [0.5, 0.6) is 0 Å². The van der Waals surface area contributed by atoms with E-state index in [2.05, 4.69) is 235 Å². The summed E-state index contributed by atoms with van der Waals surface area (Å²) in [4.78, 5) is 30.3. The van der Waals surface area contributed by atoms with Crippen LogP contribution in [0.15, 0.2) is 158 Å². The first-order valence-corrected chi connectivity index (χ1v) is 27.7. The molecule has 77 heavy (non-hydrogen) atoms. The van der Waals surface area contributed by atoms with Crippen LogP contribution in [-0.4, -0.2) is 31.6 Å². The van der Waals surface area contributed by atoms with Crippen molar-refractivity contribution in [3.8, 4) is 28.1 Å². The summed E-state index contributed by atoms with van der Waals surface area (Å²) < 4.78 is 4.67. The Bertz CT molecular complexity index is 3880. The molecule has 0 saturated carbocycles. The van der Waals surface area contributed by atoms with Crippen LogP contribution in [0, 0.1) is 0 Å². The van der Waals surface area contributed by atoms with Gasteiger partial charge in [-0.1, -0.05) is 174 Å². The number of pyridine rings is 1. The molecule has 7 aromatic carbocycles. The van der Waals surface area contributed by atoms with Crippen molar-refractivity contribution in [2.24, 2.45) is 0 Å². The van der Waals surface area contributed by atoms with Crippen molar-refractivity contribution >= 4 is 61.4 Å². The number of anilines is 4. The number of carbonyl (C=O) groups excluding carboxylic acids is 1. The van der Waals surface area contributed by atoms with Crippen LogP contribution >= 0.6 is 0 Å². The molecule has 0 N–H and O–H groups in total. The summed E-state index contributed by atoms with van der Waals surface area (Å²) >= 11 is 0. The van der Waals surface area contributed by atoms with Crippen LogP contribution in [0.3, 0.4) is 0 Å². The fourth-order valence-electron chi connectivity index (χ4n) is 11.8. The SMILES string of the molecule is CC(C)(C)c1ccc(-c2cc(C(C)(C)C)cc(-c3ccc(C(C)(C)C)cc3)c2N2CN(c3cccc(C(=O)c4ccc5c6ccccc6n(-c6cc(C(C)(C)C)ccn6)c5c4)c3)c3cc4nc5n(c4cc32)CCCC5)cc1. The number of imidazole rings is 1. The van der Waals surface area contributed by atoms with Crippen molar-refractivity contribution in [2.45, 2.75) is 131 Å². The number of hydrogen-bond donors (Lipinski definition) is 0. The standard InChI is InChI=1S/C70H72N6O/c1-67(2,3)48-28-23-44(24-29-48)55-38-51(70(10,11)12)39-56(45-25-30-49(31-26-45)68(4,5)6)65(55)75-43-74(61-41-57-60(42-62(61)75)73-35-16-15-22-63(73)72-57)52-19-17-18-46(36-52)66(77)47-27-32-54-53-20-13-14-21-58(53)76(59(54)37-47)64-40-50(33-34-71-64)69(7,8)9/h13-14,17-21,23-34,36-42H,15-16,22,35,43H2,1-12H3. The topological polar surface area (TPSA) is 59.2 Å². The molecule has 12 rings (SSSR count). The van der Waals surface area contributed by atoms with Gasteiger partial charge in [-0.15, -0.1) is 0 Å². The lowest BCUT2D eigenvalue weighted by atomic mass is 9.81. The summed E-state index contributed by atoms with van der Waals surface area (Å²) in [5.74, 6) is 1.96. The van der Waals surface area contributed by atoms with E-state index in [9.17, 15) is 0 Å². The van der Waals surface area contributed by atoms with Gasteiger partial charge in [0.25, 0.3) is 0 Å². The van der Waals surface area contributed by atoms with Crippen LogP contribution in [0.4, 0.5) is 22.7 Å². The summed E-state index contributed by atoms with van der Waals surface area (Å²) in [6, 6.07) is 55.3. The highest BCUT2D eigenvalue weighted by atomic mass is 16.1. The molecule has 7 heteroatoms. The third-order valence-corrected chi connectivity index (χ3v) is 16.4. The number of para-hydroxylation sites is 1. The van der Waals surface area contributed by atoms with Crippen LogP contribution in [0.1, 0.15) is 140 Å². The van der Waals surface area contributed by atoms with E-state index in [1.165, 1.54) is 50.0 Å². The van der Waals surface area contributed by atoms with E-state index in [1.807, 2.05) is 24.4 Å². The van der Waals surface area contributed by atoms with Gasteiger partial charge in [-0.2, -0.15) is 0 Å². The van der Waals surface area contributed by atoms with E-state index in [0.717, 1.165) is 87.5 Å². The molecule has 5 heterocycles. The summed E-state index contributed by atoms with van der Waals surface area (Å²) in [7, 11) is 0. The molecule has 0 atom stereocenters. The third-order valence-electron chi connectivity index (χ3n) is 16.4. The second-order valence-corrected chi connectivity index (χ2v) is 25.9. The fourth-order valence-corrected chi connectivity index (χ4v) is 11.8. The maximum Gasteiger partial charge on any atom is 0.193 e. The molecule has 0 aliphatic carbocycles. The van der Waals surface area contributed by atoms with Crippen LogP contribution in [-0.2, 0) is 34.6 Å². The summed E-state index contributed by atoms with van der Waals surface area (Å²) in [5.41, 5.74) is 19.4. The Labute approximate surface area is 455 Å². The van der Waals surface area contributed by atoms with Crippen molar-refractivity contribution < 1.29 is 4.79 Å². The Morgan fingerprint density at radius 2 is 1.10 bits per heavy atom. The number of carbonyl (C=O) groups is 1. The lowest BCUT2D eigenvalue weighted by Gasteiger charge is -2.31. The number of hydrogen-bond acceptors (Lipinski definition) is 5. The van der Waals surface area contributed by atoms with Crippen molar-refractivity contribution in [3.05, 3.63) is 197 Å². The first-order chi connectivity index (χ1) is 36.6. The minimum Gasteiger partial charge on any atom is -0.328 e. The van der Waals surface area contributed by atoms with Crippen molar-refractivity contribution in [3.63, 3.8) is 0 Å². The minimum atomic E-state index is -0.126. The van der Waals surface area contributed by atoms with E-state index in [4.69, 9.17) is 9.97 Å². The first kappa shape index (κ1) is 50.1. The van der Waals surface area contributed by atoms with Gasteiger partial charge in [0.1, 0.15) is 18.3 Å². The lowest BCUT2D eigenvalue weighted by Crippen LogP contribution is -2.25. The second-order valence-electron chi connectivity index (χ2n) is 25.9. The van der Waals surface area contributed by atoms with Gasteiger partial charge in [0.15, 0.2) is 5.78 Å². The molecule has 2 aliphatic heterocycles. The van der Waals surface area contributed by atoms with Gasteiger partial charge in [0, 0.05) is 57.9 Å². The molecule has 0 spiro atoms. The Balaban J connectivity index is 1.03. The monoisotopic (exact) mass is 1010 g/mol. The molecular formula is C70H72N6O. The molecule has 0 fully saturated rings. The maximum atomic E-state index is 15.1. The van der Waals surface area contributed by atoms with Gasteiger partial charge in [-0.25, -0.2) is 9.97 Å². The summed E-state index contributed by atoms with van der Waals surface area (Å²) in [6.07, 6.45) is 5.16. The maximum absolute atomic E-state index is 15.1. The predicted octanol–water partition coefficient (Wildman–Crippen LogP) is 17.9. The third kappa shape index (κ3) is 8.91. The number of ketones is 1. The minimum absolute atomic E-state index is 0.0114.